The van der Waals surface area contributed by atoms with Crippen molar-refractivity contribution in [2.45, 2.75) is 45.3 Å². The summed E-state index contributed by atoms with van der Waals surface area (Å²) in [6.45, 7) is 2.60. The Kier molecular flexibility index (Phi) is 6.06. The summed E-state index contributed by atoms with van der Waals surface area (Å²) in [6, 6.07) is 10.2. The number of aliphatic hydroxyl groups is 2. The molecular formula is C20H26N2O4. The normalized spacial score (nSPS) is 16.7. The second-order valence-corrected chi connectivity index (χ2v) is 6.95. The molecule has 2 aromatic rings. The van der Waals surface area contributed by atoms with Gasteiger partial charge in [-0.1, -0.05) is 35.5 Å². The van der Waals surface area contributed by atoms with Crippen LogP contribution in [-0.2, 0) is 13.0 Å². The molecule has 26 heavy (non-hydrogen) atoms. The first kappa shape index (κ1) is 18.6. The molecule has 1 aromatic heterocycles. The van der Waals surface area contributed by atoms with E-state index in [4.69, 9.17) is 4.52 Å². The van der Waals surface area contributed by atoms with E-state index in [1.165, 1.54) is 5.56 Å². The molecule has 1 fully saturated rings. The smallest absolute Gasteiger partial charge is 0.276 e. The number of aryl methyl sites for hydroxylation is 2. The van der Waals surface area contributed by atoms with Gasteiger partial charge in [0.1, 0.15) is 5.76 Å². The van der Waals surface area contributed by atoms with E-state index < -0.39 is 0 Å². The van der Waals surface area contributed by atoms with Gasteiger partial charge in [-0.3, -0.25) is 4.79 Å². The maximum atomic E-state index is 12.6. The van der Waals surface area contributed by atoms with Crippen molar-refractivity contribution in [3.8, 4) is 0 Å². The van der Waals surface area contributed by atoms with E-state index in [0.717, 1.165) is 25.7 Å². The van der Waals surface area contributed by atoms with E-state index in [-0.39, 0.29) is 30.2 Å². The monoisotopic (exact) mass is 358 g/mol. The van der Waals surface area contributed by atoms with Crippen LogP contribution in [0.25, 0.3) is 0 Å². The minimum Gasteiger partial charge on any atom is -0.393 e. The third kappa shape index (κ3) is 4.14. The molecule has 0 unspecified atom stereocenters. The van der Waals surface area contributed by atoms with E-state index in [0.29, 0.717) is 24.4 Å². The summed E-state index contributed by atoms with van der Waals surface area (Å²) in [5.41, 5.74) is 1.89. The fourth-order valence-corrected chi connectivity index (χ4v) is 3.58. The lowest BCUT2D eigenvalue weighted by Gasteiger charge is -2.34. The lowest BCUT2D eigenvalue weighted by Crippen LogP contribution is -2.41. The van der Waals surface area contributed by atoms with Crippen molar-refractivity contribution in [1.82, 2.24) is 10.1 Å². The number of nitrogens with zero attached hydrogens (tertiary/aromatic N) is 2. The molecule has 0 bridgehead atoms. The number of piperidine rings is 1. The molecule has 0 radical (unpaired) electrons. The summed E-state index contributed by atoms with van der Waals surface area (Å²) in [6.07, 6.45) is 2.79. The van der Waals surface area contributed by atoms with Crippen LogP contribution in [0.5, 0.6) is 0 Å². The number of benzene rings is 1. The molecule has 1 saturated heterocycles. The molecule has 2 N–H and O–H groups in total. The fraction of sp³-hybridized carbons (Fsp3) is 0.500. The Morgan fingerprint density at radius 2 is 2.00 bits per heavy atom. The van der Waals surface area contributed by atoms with Crippen molar-refractivity contribution in [1.29, 1.82) is 0 Å². The maximum Gasteiger partial charge on any atom is 0.276 e. The Bertz CT molecular complexity index is 721. The third-order valence-corrected chi connectivity index (χ3v) is 5.29. The number of carbonyl (C=O) groups is 1. The Morgan fingerprint density at radius 1 is 1.31 bits per heavy atom. The summed E-state index contributed by atoms with van der Waals surface area (Å²) in [7, 11) is 0. The van der Waals surface area contributed by atoms with Gasteiger partial charge in [-0.25, -0.2) is 0 Å². The van der Waals surface area contributed by atoms with Gasteiger partial charge in [0.15, 0.2) is 5.69 Å². The molecule has 1 atom stereocenters. The van der Waals surface area contributed by atoms with Gasteiger partial charge in [0, 0.05) is 13.1 Å². The zero-order chi connectivity index (χ0) is 18.5. The Balaban J connectivity index is 1.51. The van der Waals surface area contributed by atoms with E-state index in [2.05, 4.69) is 17.3 Å². The second kappa shape index (κ2) is 8.47. The summed E-state index contributed by atoms with van der Waals surface area (Å²) >= 11 is 0. The van der Waals surface area contributed by atoms with Crippen LogP contribution >= 0.6 is 0 Å². The number of hydrogen-bond acceptors (Lipinski definition) is 5. The molecule has 0 spiro atoms. The maximum absolute atomic E-state index is 12.6. The van der Waals surface area contributed by atoms with Gasteiger partial charge in [-0.2, -0.15) is 0 Å². The topological polar surface area (TPSA) is 86.8 Å². The first-order chi connectivity index (χ1) is 12.6. The number of aliphatic hydroxyl groups excluding tert-OH is 2. The standard InChI is InChI=1S/C20H26N2O4/c1-14-17(13-23)19(21-26-14)20(25)22-11-9-16(10-12-22)18(24)8-7-15-5-3-2-4-6-15/h2-6,16,18,23-24H,7-13H2,1H3/t18-/m0/s1. The molecular weight excluding hydrogens is 332 g/mol. The zero-order valence-corrected chi connectivity index (χ0v) is 15.1. The predicted molar refractivity (Wildman–Crippen MR) is 96.6 cm³/mol. The first-order valence-electron chi connectivity index (χ1n) is 9.17. The summed E-state index contributed by atoms with van der Waals surface area (Å²) < 4.78 is 5.03. The SMILES string of the molecule is Cc1onc(C(=O)N2CCC([C@@H](O)CCc3ccccc3)CC2)c1CO. The lowest BCUT2D eigenvalue weighted by molar-refractivity contribution is 0.0429. The molecule has 0 saturated carbocycles. The van der Waals surface area contributed by atoms with Crippen molar-refractivity contribution in [2.24, 2.45) is 5.92 Å². The van der Waals surface area contributed by atoms with Crippen molar-refractivity contribution in [2.75, 3.05) is 13.1 Å². The van der Waals surface area contributed by atoms with Crippen LogP contribution in [0.2, 0.25) is 0 Å². The molecule has 1 aliphatic heterocycles. The van der Waals surface area contributed by atoms with Gasteiger partial charge in [0.25, 0.3) is 5.91 Å². The van der Waals surface area contributed by atoms with Gasteiger partial charge in [0.05, 0.1) is 18.3 Å². The molecule has 1 amide bonds. The molecule has 6 nitrogen and oxygen atoms in total. The number of likely N-dealkylation sites (tertiary alicyclic amines) is 1. The average Bonchev–Trinajstić information content (AvgIpc) is 3.07. The zero-order valence-electron chi connectivity index (χ0n) is 15.1. The number of rotatable bonds is 6. The van der Waals surface area contributed by atoms with E-state index in [1.807, 2.05) is 18.2 Å². The quantitative estimate of drug-likeness (QED) is 0.827. The number of amides is 1. The fourth-order valence-electron chi connectivity index (χ4n) is 3.58. The second-order valence-electron chi connectivity index (χ2n) is 6.95. The highest BCUT2D eigenvalue weighted by molar-refractivity contribution is 5.93. The first-order valence-corrected chi connectivity index (χ1v) is 9.17. The highest BCUT2D eigenvalue weighted by Crippen LogP contribution is 2.25. The van der Waals surface area contributed by atoms with Crippen LogP contribution in [0.15, 0.2) is 34.9 Å². The van der Waals surface area contributed by atoms with Crippen molar-refractivity contribution in [3.05, 3.63) is 52.9 Å². The van der Waals surface area contributed by atoms with Crippen LogP contribution in [0.4, 0.5) is 0 Å². The molecule has 0 aliphatic carbocycles. The highest BCUT2D eigenvalue weighted by atomic mass is 16.5. The van der Waals surface area contributed by atoms with Crippen molar-refractivity contribution < 1.29 is 19.5 Å². The van der Waals surface area contributed by atoms with Gasteiger partial charge in [-0.05, 0) is 44.1 Å². The van der Waals surface area contributed by atoms with E-state index in [1.54, 1.807) is 11.8 Å². The summed E-state index contributed by atoms with van der Waals surface area (Å²) in [5, 5.41) is 23.7. The summed E-state index contributed by atoms with van der Waals surface area (Å²) in [5.74, 6) is 0.476. The number of carbonyl (C=O) groups excluding carboxylic acids is 1. The molecule has 3 rings (SSSR count). The Hall–Kier alpha value is -2.18. The average molecular weight is 358 g/mol. The van der Waals surface area contributed by atoms with Crippen LogP contribution in [0, 0.1) is 12.8 Å². The van der Waals surface area contributed by atoms with Crippen molar-refractivity contribution >= 4 is 5.91 Å². The van der Waals surface area contributed by atoms with Gasteiger partial charge >= 0.3 is 0 Å². The van der Waals surface area contributed by atoms with Crippen LogP contribution in [0.1, 0.15) is 46.6 Å². The van der Waals surface area contributed by atoms with Gasteiger partial charge in [0.2, 0.25) is 0 Å². The Labute approximate surface area is 153 Å². The van der Waals surface area contributed by atoms with Crippen LogP contribution in [0.3, 0.4) is 0 Å². The molecule has 1 aromatic carbocycles. The predicted octanol–water partition coefficient (Wildman–Crippen LogP) is 2.32. The van der Waals surface area contributed by atoms with Crippen LogP contribution < -0.4 is 0 Å². The Morgan fingerprint density at radius 3 is 2.65 bits per heavy atom. The molecule has 1 aliphatic rings. The largest absolute Gasteiger partial charge is 0.393 e. The molecule has 2 heterocycles. The minimum absolute atomic E-state index is 0.202. The van der Waals surface area contributed by atoms with Crippen molar-refractivity contribution in [3.63, 3.8) is 0 Å². The minimum atomic E-state index is -0.352. The summed E-state index contributed by atoms with van der Waals surface area (Å²) in [4.78, 5) is 14.3. The highest BCUT2D eigenvalue weighted by Gasteiger charge is 2.30. The number of aromatic nitrogens is 1. The number of hydrogen-bond donors (Lipinski definition) is 2. The van der Waals surface area contributed by atoms with E-state index in [9.17, 15) is 15.0 Å². The van der Waals surface area contributed by atoms with Gasteiger partial charge < -0.3 is 19.6 Å². The van der Waals surface area contributed by atoms with Crippen LogP contribution in [-0.4, -0.2) is 45.4 Å². The van der Waals surface area contributed by atoms with E-state index >= 15 is 0 Å². The third-order valence-electron chi connectivity index (χ3n) is 5.29. The lowest BCUT2D eigenvalue weighted by atomic mass is 9.88. The molecule has 6 heteroatoms. The van der Waals surface area contributed by atoms with Gasteiger partial charge in [-0.15, -0.1) is 0 Å². The molecule has 140 valence electrons.